The zero-order valence-corrected chi connectivity index (χ0v) is 11.6. The van der Waals surface area contributed by atoms with Crippen LogP contribution in [0.3, 0.4) is 0 Å². The molecule has 5 nitrogen and oxygen atoms in total. The van der Waals surface area contributed by atoms with E-state index in [0.29, 0.717) is 5.56 Å². The number of carbonyl (C=O) groups excluding carboxylic acids is 1. The van der Waals surface area contributed by atoms with Gasteiger partial charge in [0.15, 0.2) is 0 Å². The van der Waals surface area contributed by atoms with Crippen molar-refractivity contribution in [2.24, 2.45) is 5.14 Å². The predicted octanol–water partition coefficient (Wildman–Crippen LogP) is 1.89. The van der Waals surface area contributed by atoms with Crippen LogP contribution in [0.1, 0.15) is 15.9 Å². The van der Waals surface area contributed by atoms with E-state index >= 15 is 0 Å². The van der Waals surface area contributed by atoms with Gasteiger partial charge in [-0.05, 0) is 31.2 Å². The lowest BCUT2D eigenvalue weighted by molar-refractivity contribution is 0.102. The molecular weight excluding hydrogens is 276 g/mol. The summed E-state index contributed by atoms with van der Waals surface area (Å²) in [6.07, 6.45) is 0. The fourth-order valence-electron chi connectivity index (χ4n) is 1.80. The largest absolute Gasteiger partial charge is 0.321 e. The van der Waals surface area contributed by atoms with Crippen LogP contribution in [-0.2, 0) is 10.0 Å². The van der Waals surface area contributed by atoms with E-state index in [9.17, 15) is 13.2 Å². The fraction of sp³-hybridized carbons (Fsp3) is 0.0714. The van der Waals surface area contributed by atoms with E-state index in [4.69, 9.17) is 5.14 Å². The lowest BCUT2D eigenvalue weighted by Gasteiger charge is -2.09. The molecule has 0 fully saturated rings. The third-order valence-electron chi connectivity index (χ3n) is 2.72. The van der Waals surface area contributed by atoms with Crippen LogP contribution in [0.5, 0.6) is 0 Å². The van der Waals surface area contributed by atoms with Crippen LogP contribution in [0.25, 0.3) is 0 Å². The number of rotatable bonds is 3. The first kappa shape index (κ1) is 14.2. The van der Waals surface area contributed by atoms with Gasteiger partial charge in [0.2, 0.25) is 10.0 Å². The molecule has 2 aromatic carbocycles. The molecule has 20 heavy (non-hydrogen) atoms. The van der Waals surface area contributed by atoms with Gasteiger partial charge in [0.1, 0.15) is 4.90 Å². The standard InChI is InChI=1S/C14H14N2O3S/c1-10-5-4-6-11(9-10)14(17)16-12-7-2-3-8-13(12)20(15,18)19/h2-9H,1H3,(H,16,17)(H2,15,18,19). The number of anilines is 1. The molecule has 104 valence electrons. The van der Waals surface area contributed by atoms with E-state index in [0.717, 1.165) is 5.56 Å². The summed E-state index contributed by atoms with van der Waals surface area (Å²) in [6, 6.07) is 13.0. The Labute approximate surface area is 117 Å². The van der Waals surface area contributed by atoms with Gasteiger partial charge in [0.05, 0.1) is 5.69 Å². The van der Waals surface area contributed by atoms with Crippen molar-refractivity contribution < 1.29 is 13.2 Å². The number of hydrogen-bond donors (Lipinski definition) is 2. The van der Waals surface area contributed by atoms with E-state index in [1.54, 1.807) is 30.3 Å². The quantitative estimate of drug-likeness (QED) is 0.904. The topological polar surface area (TPSA) is 89.3 Å². The van der Waals surface area contributed by atoms with Crippen LogP contribution >= 0.6 is 0 Å². The van der Waals surface area contributed by atoms with E-state index in [2.05, 4.69) is 5.32 Å². The van der Waals surface area contributed by atoms with Crippen LogP contribution in [0.2, 0.25) is 0 Å². The van der Waals surface area contributed by atoms with Crippen LogP contribution < -0.4 is 10.5 Å². The molecule has 0 aliphatic rings. The fourth-order valence-corrected chi connectivity index (χ4v) is 2.49. The Morgan fingerprint density at radius 3 is 2.45 bits per heavy atom. The summed E-state index contributed by atoms with van der Waals surface area (Å²) in [5.41, 5.74) is 1.56. The molecular formula is C14H14N2O3S. The first-order valence-corrected chi connectivity index (χ1v) is 7.42. The molecule has 0 saturated carbocycles. The Kier molecular flexibility index (Phi) is 3.87. The van der Waals surface area contributed by atoms with E-state index < -0.39 is 10.0 Å². The van der Waals surface area contributed by atoms with Crippen molar-refractivity contribution in [3.05, 3.63) is 59.7 Å². The summed E-state index contributed by atoms with van der Waals surface area (Å²) in [5.74, 6) is -0.384. The number of benzene rings is 2. The maximum Gasteiger partial charge on any atom is 0.255 e. The van der Waals surface area contributed by atoms with Crippen molar-refractivity contribution in [2.75, 3.05) is 5.32 Å². The predicted molar refractivity (Wildman–Crippen MR) is 76.9 cm³/mol. The molecule has 0 bridgehead atoms. The number of primary sulfonamides is 1. The summed E-state index contributed by atoms with van der Waals surface area (Å²) in [5, 5.41) is 7.68. The van der Waals surface area contributed by atoms with Gasteiger partial charge in [-0.2, -0.15) is 0 Å². The van der Waals surface area contributed by atoms with Gasteiger partial charge in [-0.15, -0.1) is 0 Å². The minimum absolute atomic E-state index is 0.110. The molecule has 0 unspecified atom stereocenters. The number of nitrogens with one attached hydrogen (secondary N) is 1. The first-order chi connectivity index (χ1) is 9.38. The van der Waals surface area contributed by atoms with Crippen LogP contribution in [0.15, 0.2) is 53.4 Å². The van der Waals surface area contributed by atoms with Gasteiger partial charge >= 0.3 is 0 Å². The molecule has 0 radical (unpaired) electrons. The lowest BCUT2D eigenvalue weighted by atomic mass is 10.1. The monoisotopic (exact) mass is 290 g/mol. The second-order valence-electron chi connectivity index (χ2n) is 4.36. The molecule has 3 N–H and O–H groups in total. The smallest absolute Gasteiger partial charge is 0.255 e. The van der Waals surface area contributed by atoms with Gasteiger partial charge in [0.25, 0.3) is 5.91 Å². The van der Waals surface area contributed by atoms with Crippen molar-refractivity contribution in [2.45, 2.75) is 11.8 Å². The third-order valence-corrected chi connectivity index (χ3v) is 3.69. The Bertz CT molecular complexity index is 755. The van der Waals surface area contributed by atoms with Crippen LogP contribution in [-0.4, -0.2) is 14.3 Å². The minimum atomic E-state index is -3.88. The summed E-state index contributed by atoms with van der Waals surface area (Å²) in [6.45, 7) is 1.87. The Morgan fingerprint density at radius 2 is 1.80 bits per heavy atom. The SMILES string of the molecule is Cc1cccc(C(=O)Nc2ccccc2S(N)(=O)=O)c1. The van der Waals surface area contributed by atoms with Crippen molar-refractivity contribution in [3.8, 4) is 0 Å². The molecule has 1 amide bonds. The highest BCUT2D eigenvalue weighted by molar-refractivity contribution is 7.89. The maximum atomic E-state index is 12.1. The van der Waals surface area contributed by atoms with E-state index in [1.165, 1.54) is 12.1 Å². The van der Waals surface area contributed by atoms with Gasteiger partial charge in [-0.25, -0.2) is 13.6 Å². The first-order valence-electron chi connectivity index (χ1n) is 5.88. The molecule has 0 spiro atoms. The summed E-state index contributed by atoms with van der Waals surface area (Å²) >= 11 is 0. The Morgan fingerprint density at radius 1 is 1.10 bits per heavy atom. The van der Waals surface area contributed by atoms with E-state index in [1.807, 2.05) is 13.0 Å². The van der Waals surface area contributed by atoms with Gasteiger partial charge < -0.3 is 5.32 Å². The van der Waals surface area contributed by atoms with Gasteiger partial charge in [-0.1, -0.05) is 29.8 Å². The number of hydrogen-bond acceptors (Lipinski definition) is 3. The normalized spacial score (nSPS) is 11.1. The molecule has 0 aromatic heterocycles. The maximum absolute atomic E-state index is 12.1. The average Bonchev–Trinajstić information content (AvgIpc) is 2.38. The number of amides is 1. The van der Waals surface area contributed by atoms with E-state index in [-0.39, 0.29) is 16.5 Å². The molecule has 2 aromatic rings. The van der Waals surface area contributed by atoms with Crippen molar-refractivity contribution in [1.29, 1.82) is 0 Å². The highest BCUT2D eigenvalue weighted by atomic mass is 32.2. The van der Waals surface area contributed by atoms with Gasteiger partial charge in [-0.3, -0.25) is 4.79 Å². The summed E-state index contributed by atoms with van der Waals surface area (Å²) in [7, 11) is -3.88. The van der Waals surface area contributed by atoms with Gasteiger partial charge in [0, 0.05) is 5.56 Å². The van der Waals surface area contributed by atoms with Crippen molar-refractivity contribution in [1.82, 2.24) is 0 Å². The lowest BCUT2D eigenvalue weighted by Crippen LogP contribution is -2.18. The number of sulfonamides is 1. The highest BCUT2D eigenvalue weighted by Crippen LogP contribution is 2.20. The zero-order valence-electron chi connectivity index (χ0n) is 10.8. The number of aryl methyl sites for hydroxylation is 1. The zero-order chi connectivity index (χ0) is 14.8. The molecule has 6 heteroatoms. The van der Waals surface area contributed by atoms with Crippen LogP contribution in [0, 0.1) is 6.92 Å². The average molecular weight is 290 g/mol. The summed E-state index contributed by atoms with van der Waals surface area (Å²) in [4.78, 5) is 12.0. The molecule has 0 aliphatic heterocycles. The Balaban J connectivity index is 2.34. The number of carbonyl (C=O) groups is 1. The second kappa shape index (κ2) is 5.44. The molecule has 0 aliphatic carbocycles. The minimum Gasteiger partial charge on any atom is -0.321 e. The summed E-state index contributed by atoms with van der Waals surface area (Å²) < 4.78 is 22.9. The van der Waals surface area contributed by atoms with Crippen LogP contribution in [0.4, 0.5) is 5.69 Å². The molecule has 0 atom stereocenters. The molecule has 2 rings (SSSR count). The van der Waals surface area contributed by atoms with Crippen molar-refractivity contribution >= 4 is 21.6 Å². The molecule has 0 saturated heterocycles. The second-order valence-corrected chi connectivity index (χ2v) is 5.89. The Hall–Kier alpha value is -2.18. The molecule has 0 heterocycles. The van der Waals surface area contributed by atoms with Crippen molar-refractivity contribution in [3.63, 3.8) is 0 Å². The highest BCUT2D eigenvalue weighted by Gasteiger charge is 2.15. The number of para-hydroxylation sites is 1. The number of nitrogens with two attached hydrogens (primary N) is 1. The third kappa shape index (κ3) is 3.23.